The molecule has 0 amide bonds. The molecule has 0 spiro atoms. The second-order valence-corrected chi connectivity index (χ2v) is 5.66. The van der Waals surface area contributed by atoms with Gasteiger partial charge in [0, 0.05) is 26.2 Å². The number of furan rings is 1. The van der Waals surface area contributed by atoms with Crippen LogP contribution in [-0.2, 0) is 15.9 Å². The fourth-order valence-corrected chi connectivity index (χ4v) is 3.03. The number of fused-ring (bicyclic) bond motifs is 1. The summed E-state index contributed by atoms with van der Waals surface area (Å²) in [5.74, 6) is 0. The lowest BCUT2D eigenvalue weighted by Crippen LogP contribution is -2.33. The zero-order valence-corrected chi connectivity index (χ0v) is 12.8. The lowest BCUT2D eigenvalue weighted by atomic mass is 9.86. The van der Waals surface area contributed by atoms with E-state index in [2.05, 4.69) is 17.0 Å². The van der Waals surface area contributed by atoms with Crippen molar-refractivity contribution in [2.45, 2.75) is 25.8 Å². The predicted octanol–water partition coefficient (Wildman–Crippen LogP) is 2.41. The van der Waals surface area contributed by atoms with Crippen molar-refractivity contribution in [3.63, 3.8) is 0 Å². The van der Waals surface area contributed by atoms with E-state index >= 15 is 0 Å². The minimum Gasteiger partial charge on any atom is -0.465 e. The standard InChI is InChI=1S/C16H22BNO3/c1-19-17(20-2)16-11-14-10-13(6-7-15(14)21-16)12-18-8-4-3-5-9-18/h6-7,10-11H,3-5,8-9,12H2,1-2H3. The van der Waals surface area contributed by atoms with E-state index in [0.29, 0.717) is 5.66 Å². The summed E-state index contributed by atoms with van der Waals surface area (Å²) in [6.07, 6.45) is 4.01. The highest BCUT2D eigenvalue weighted by atomic mass is 16.6. The topological polar surface area (TPSA) is 34.8 Å². The average Bonchev–Trinajstić information content (AvgIpc) is 2.92. The van der Waals surface area contributed by atoms with Crippen molar-refractivity contribution in [3.05, 3.63) is 29.8 Å². The van der Waals surface area contributed by atoms with E-state index < -0.39 is 7.12 Å². The molecular formula is C16H22BNO3. The maximum absolute atomic E-state index is 5.79. The molecule has 1 saturated heterocycles. The van der Waals surface area contributed by atoms with Crippen molar-refractivity contribution in [2.24, 2.45) is 0 Å². The Labute approximate surface area is 126 Å². The van der Waals surface area contributed by atoms with Crippen LogP contribution >= 0.6 is 0 Å². The molecule has 0 radical (unpaired) electrons. The van der Waals surface area contributed by atoms with Gasteiger partial charge in [0.2, 0.25) is 0 Å². The van der Waals surface area contributed by atoms with Crippen LogP contribution in [-0.4, -0.2) is 39.3 Å². The molecule has 1 aromatic carbocycles. The summed E-state index contributed by atoms with van der Waals surface area (Å²) in [7, 11) is 2.79. The lowest BCUT2D eigenvalue weighted by molar-refractivity contribution is 0.221. The minimum absolute atomic E-state index is 0.442. The van der Waals surface area contributed by atoms with Crippen molar-refractivity contribution >= 4 is 23.7 Å². The summed E-state index contributed by atoms with van der Waals surface area (Å²) < 4.78 is 16.3. The first kappa shape index (κ1) is 14.6. The minimum atomic E-state index is -0.442. The molecule has 0 atom stereocenters. The molecule has 3 rings (SSSR count). The third-order valence-corrected chi connectivity index (χ3v) is 4.12. The lowest BCUT2D eigenvalue weighted by Gasteiger charge is -2.26. The van der Waals surface area contributed by atoms with Gasteiger partial charge in [-0.15, -0.1) is 0 Å². The van der Waals surface area contributed by atoms with Crippen molar-refractivity contribution < 1.29 is 13.7 Å². The maximum Gasteiger partial charge on any atom is 0.531 e. The first-order valence-corrected chi connectivity index (χ1v) is 7.60. The smallest absolute Gasteiger partial charge is 0.465 e. The van der Waals surface area contributed by atoms with Gasteiger partial charge in [0.05, 0.1) is 0 Å². The zero-order valence-electron chi connectivity index (χ0n) is 12.8. The van der Waals surface area contributed by atoms with E-state index in [1.807, 2.05) is 12.1 Å². The molecule has 1 fully saturated rings. The van der Waals surface area contributed by atoms with Gasteiger partial charge >= 0.3 is 7.12 Å². The van der Waals surface area contributed by atoms with Crippen LogP contribution in [0.5, 0.6) is 0 Å². The van der Waals surface area contributed by atoms with Gasteiger partial charge in [-0.3, -0.25) is 4.90 Å². The molecule has 4 nitrogen and oxygen atoms in total. The zero-order chi connectivity index (χ0) is 14.7. The number of hydrogen-bond acceptors (Lipinski definition) is 4. The van der Waals surface area contributed by atoms with Gasteiger partial charge in [-0.1, -0.05) is 12.5 Å². The highest BCUT2D eigenvalue weighted by Gasteiger charge is 2.23. The van der Waals surface area contributed by atoms with E-state index in [1.165, 1.54) is 37.9 Å². The molecule has 112 valence electrons. The van der Waals surface area contributed by atoms with Crippen molar-refractivity contribution in [3.8, 4) is 0 Å². The maximum atomic E-state index is 5.79. The van der Waals surface area contributed by atoms with Crippen LogP contribution in [0.4, 0.5) is 0 Å². The van der Waals surface area contributed by atoms with E-state index in [1.54, 1.807) is 14.2 Å². The van der Waals surface area contributed by atoms with E-state index in [0.717, 1.165) is 17.5 Å². The number of rotatable bonds is 5. The normalized spacial score (nSPS) is 16.5. The van der Waals surface area contributed by atoms with Gasteiger partial charge in [0.15, 0.2) is 0 Å². The Morgan fingerprint density at radius 2 is 1.86 bits per heavy atom. The van der Waals surface area contributed by atoms with Crippen molar-refractivity contribution in [1.82, 2.24) is 4.90 Å². The summed E-state index contributed by atoms with van der Waals surface area (Å²) in [6.45, 7) is 3.45. The Bertz CT molecular complexity index is 588. The number of benzene rings is 1. The molecular weight excluding hydrogens is 265 g/mol. The Morgan fingerprint density at radius 3 is 2.57 bits per heavy atom. The molecule has 1 aromatic heterocycles. The highest BCUT2D eigenvalue weighted by Crippen LogP contribution is 2.19. The fourth-order valence-electron chi connectivity index (χ4n) is 3.03. The Kier molecular flexibility index (Phi) is 4.63. The van der Waals surface area contributed by atoms with Crippen LogP contribution in [0.3, 0.4) is 0 Å². The number of piperidine rings is 1. The van der Waals surface area contributed by atoms with Gasteiger partial charge < -0.3 is 13.7 Å². The summed E-state index contributed by atoms with van der Waals surface area (Å²) in [4.78, 5) is 2.53. The molecule has 5 heteroatoms. The fraction of sp³-hybridized carbons (Fsp3) is 0.500. The molecule has 0 bridgehead atoms. The van der Waals surface area contributed by atoms with Gasteiger partial charge in [0.25, 0.3) is 0 Å². The van der Waals surface area contributed by atoms with Gasteiger partial charge in [-0.25, -0.2) is 0 Å². The van der Waals surface area contributed by atoms with E-state index in [-0.39, 0.29) is 0 Å². The monoisotopic (exact) mass is 287 g/mol. The second kappa shape index (κ2) is 6.64. The molecule has 0 saturated carbocycles. The third kappa shape index (κ3) is 3.31. The van der Waals surface area contributed by atoms with Crippen LogP contribution in [0.2, 0.25) is 0 Å². The van der Waals surface area contributed by atoms with Crippen molar-refractivity contribution in [1.29, 1.82) is 0 Å². The van der Waals surface area contributed by atoms with Crippen molar-refractivity contribution in [2.75, 3.05) is 27.3 Å². The Balaban J connectivity index is 1.79. The van der Waals surface area contributed by atoms with E-state index in [4.69, 9.17) is 13.7 Å². The summed E-state index contributed by atoms with van der Waals surface area (Å²) in [5, 5.41) is 1.11. The van der Waals surface area contributed by atoms with Crippen LogP contribution in [0.25, 0.3) is 11.0 Å². The summed E-state index contributed by atoms with van der Waals surface area (Å²) in [5.41, 5.74) is 2.93. The summed E-state index contributed by atoms with van der Waals surface area (Å²) in [6, 6.07) is 8.41. The Hall–Kier alpha value is -1.30. The van der Waals surface area contributed by atoms with Crippen LogP contribution < -0.4 is 5.66 Å². The second-order valence-electron chi connectivity index (χ2n) is 5.66. The first-order chi connectivity index (χ1) is 10.3. The molecule has 1 aliphatic heterocycles. The molecule has 0 N–H and O–H groups in total. The van der Waals surface area contributed by atoms with E-state index in [9.17, 15) is 0 Å². The highest BCUT2D eigenvalue weighted by molar-refractivity contribution is 6.60. The predicted molar refractivity (Wildman–Crippen MR) is 84.7 cm³/mol. The third-order valence-electron chi connectivity index (χ3n) is 4.12. The molecule has 2 heterocycles. The van der Waals surface area contributed by atoms with Crippen LogP contribution in [0, 0.1) is 0 Å². The number of hydrogen-bond donors (Lipinski definition) is 0. The molecule has 2 aromatic rings. The number of likely N-dealkylation sites (tertiary alicyclic amines) is 1. The largest absolute Gasteiger partial charge is 0.531 e. The Morgan fingerprint density at radius 1 is 1.10 bits per heavy atom. The van der Waals surface area contributed by atoms with Gasteiger partial charge in [-0.05, 0) is 49.7 Å². The quantitative estimate of drug-likeness (QED) is 0.791. The van der Waals surface area contributed by atoms with Crippen LogP contribution in [0.1, 0.15) is 24.8 Å². The summed E-state index contributed by atoms with van der Waals surface area (Å²) >= 11 is 0. The van der Waals surface area contributed by atoms with Gasteiger partial charge in [0.1, 0.15) is 11.2 Å². The molecule has 0 unspecified atom stereocenters. The van der Waals surface area contributed by atoms with Crippen LogP contribution in [0.15, 0.2) is 28.7 Å². The van der Waals surface area contributed by atoms with Gasteiger partial charge in [-0.2, -0.15) is 0 Å². The first-order valence-electron chi connectivity index (χ1n) is 7.60. The number of nitrogens with zero attached hydrogens (tertiary/aromatic N) is 1. The average molecular weight is 287 g/mol. The molecule has 1 aliphatic rings. The SMILES string of the molecule is COB(OC)c1cc2cc(CN3CCCCC3)ccc2o1. The molecule has 0 aliphatic carbocycles. The molecule has 21 heavy (non-hydrogen) atoms.